The molecule has 154 valence electrons. The van der Waals surface area contributed by atoms with Crippen LogP contribution in [0.4, 0.5) is 5.69 Å². The normalized spacial score (nSPS) is 13.9. The molecule has 0 saturated heterocycles. The largest absolute Gasteiger partial charge is 0.372 e. The third-order valence-corrected chi connectivity index (χ3v) is 6.30. The number of anilines is 1. The molecule has 0 spiro atoms. The maximum Gasteiger partial charge on any atom is 0.277 e. The van der Waals surface area contributed by atoms with Gasteiger partial charge in [-0.1, -0.05) is 19.0 Å². The summed E-state index contributed by atoms with van der Waals surface area (Å²) in [4.78, 5) is 27.1. The summed E-state index contributed by atoms with van der Waals surface area (Å²) in [6, 6.07) is 2.76. The highest BCUT2D eigenvalue weighted by molar-refractivity contribution is 7.90. The molecule has 1 N–H and O–H groups in total. The van der Waals surface area contributed by atoms with Crippen molar-refractivity contribution in [1.29, 1.82) is 0 Å². The number of hydrogen-bond acceptors (Lipinski definition) is 5. The molecule has 1 saturated carbocycles. The van der Waals surface area contributed by atoms with Gasteiger partial charge in [0.05, 0.1) is 15.6 Å². The molecule has 0 bridgehead atoms. The number of hydrogen-bond donors (Lipinski definition) is 1. The van der Waals surface area contributed by atoms with Gasteiger partial charge in [0.2, 0.25) is 5.78 Å². The molecular formula is C19H26ClN3O4S. The number of halogens is 1. The van der Waals surface area contributed by atoms with Gasteiger partial charge in [-0.15, -0.1) is 0 Å². The molecular weight excluding hydrogens is 402 g/mol. The van der Waals surface area contributed by atoms with Gasteiger partial charge in [0.15, 0.2) is 9.84 Å². The zero-order valence-corrected chi connectivity index (χ0v) is 17.2. The number of aromatic amines is 1. The summed E-state index contributed by atoms with van der Waals surface area (Å²) in [5, 5.41) is 2.84. The molecule has 0 radical (unpaired) electrons. The number of nitrogens with one attached hydrogen (secondary N) is 1. The van der Waals surface area contributed by atoms with Gasteiger partial charge in [0, 0.05) is 38.2 Å². The fraction of sp³-hybridized carbons (Fsp3) is 0.474. The van der Waals surface area contributed by atoms with E-state index in [1.165, 1.54) is 23.9 Å². The van der Waals surface area contributed by atoms with E-state index >= 15 is 0 Å². The second kappa shape index (κ2) is 7.75. The van der Waals surface area contributed by atoms with Crippen molar-refractivity contribution < 1.29 is 13.2 Å². The van der Waals surface area contributed by atoms with Crippen LogP contribution in [0.2, 0.25) is 5.02 Å². The summed E-state index contributed by atoms with van der Waals surface area (Å²) in [5.41, 5.74) is 0.406. The smallest absolute Gasteiger partial charge is 0.277 e. The number of rotatable bonds is 6. The molecule has 0 unspecified atom stereocenters. The Bertz CT molecular complexity index is 1080. The monoisotopic (exact) mass is 427 g/mol. The molecule has 1 heterocycles. The zero-order valence-electron chi connectivity index (χ0n) is 15.7. The van der Waals surface area contributed by atoms with E-state index < -0.39 is 21.2 Å². The van der Waals surface area contributed by atoms with Gasteiger partial charge in [0.1, 0.15) is 5.56 Å². The predicted octanol–water partition coefficient (Wildman–Crippen LogP) is 2.79. The van der Waals surface area contributed by atoms with Crippen molar-refractivity contribution in [3.8, 4) is 0 Å². The molecule has 9 heteroatoms. The van der Waals surface area contributed by atoms with Crippen LogP contribution >= 0.6 is 11.6 Å². The Hall–Kier alpha value is -2.06. The van der Waals surface area contributed by atoms with E-state index in [0.29, 0.717) is 23.8 Å². The number of carbonyl (C=O) groups excluding carboxylic acids is 1. The Morgan fingerprint density at radius 1 is 1.36 bits per heavy atom. The molecule has 28 heavy (non-hydrogen) atoms. The first-order valence-corrected chi connectivity index (χ1v) is 10.8. The van der Waals surface area contributed by atoms with Gasteiger partial charge in [-0.3, -0.25) is 19.4 Å². The number of carbonyl (C=O) groups is 1. The second-order valence-electron chi connectivity index (χ2n) is 7.18. The lowest BCUT2D eigenvalue weighted by atomic mass is 10.0. The average Bonchev–Trinajstić information content (AvgIpc) is 3.32. The molecule has 1 aromatic heterocycles. The Labute approximate surface area is 170 Å². The van der Waals surface area contributed by atoms with Crippen LogP contribution in [-0.2, 0) is 16.9 Å². The van der Waals surface area contributed by atoms with E-state index in [9.17, 15) is 18.0 Å². The molecule has 7 nitrogen and oxygen atoms in total. The standard InChI is InChI=1S/C18H22ClN3O4S.CH4/c1-10-14(18(24)22(3)20-10)17(23)12-7-8-13(27(4,25)26)16(15(12)19)21(2)9-11-5-6-11;/h7-8,11,20H,5-6,9H2,1-4H3;1H4. The fourth-order valence-corrected chi connectivity index (χ4v) is 4.62. The molecule has 3 rings (SSSR count). The van der Waals surface area contributed by atoms with Crippen LogP contribution < -0.4 is 10.5 Å². The highest BCUT2D eigenvalue weighted by Crippen LogP contribution is 2.39. The third kappa shape index (κ3) is 4.03. The Balaban J connectivity index is 0.00000280. The summed E-state index contributed by atoms with van der Waals surface area (Å²) >= 11 is 6.53. The van der Waals surface area contributed by atoms with E-state index in [4.69, 9.17) is 11.6 Å². The van der Waals surface area contributed by atoms with Gasteiger partial charge in [-0.2, -0.15) is 0 Å². The lowest BCUT2D eigenvalue weighted by molar-refractivity contribution is 0.103. The summed E-state index contributed by atoms with van der Waals surface area (Å²) < 4.78 is 25.7. The number of aromatic nitrogens is 2. The molecule has 0 aliphatic heterocycles. The predicted molar refractivity (Wildman–Crippen MR) is 111 cm³/mol. The van der Waals surface area contributed by atoms with E-state index in [0.717, 1.165) is 19.1 Å². The maximum atomic E-state index is 13.0. The van der Waals surface area contributed by atoms with Crippen LogP contribution in [0.1, 0.15) is 41.9 Å². The number of aryl methyl sites for hydroxylation is 2. The van der Waals surface area contributed by atoms with E-state index in [2.05, 4.69) is 5.10 Å². The third-order valence-electron chi connectivity index (χ3n) is 4.79. The Morgan fingerprint density at radius 2 is 1.96 bits per heavy atom. The number of sulfone groups is 1. The number of H-pyrrole nitrogens is 1. The molecule has 1 aliphatic rings. The molecule has 1 aromatic carbocycles. The first-order chi connectivity index (χ1) is 12.5. The van der Waals surface area contributed by atoms with Crippen LogP contribution in [-0.4, -0.2) is 43.8 Å². The number of nitrogens with zero attached hydrogens (tertiary/aromatic N) is 2. The molecule has 0 atom stereocenters. The van der Waals surface area contributed by atoms with Crippen molar-refractivity contribution in [1.82, 2.24) is 9.78 Å². The van der Waals surface area contributed by atoms with E-state index in [1.54, 1.807) is 18.9 Å². The number of ketones is 1. The Kier molecular flexibility index (Phi) is 6.16. The molecule has 2 aromatic rings. The molecule has 1 aliphatic carbocycles. The van der Waals surface area contributed by atoms with Crippen molar-refractivity contribution >= 4 is 32.9 Å². The van der Waals surface area contributed by atoms with E-state index in [1.807, 2.05) is 0 Å². The maximum absolute atomic E-state index is 13.0. The Morgan fingerprint density at radius 3 is 2.43 bits per heavy atom. The van der Waals surface area contributed by atoms with Crippen LogP contribution in [0.3, 0.4) is 0 Å². The first-order valence-electron chi connectivity index (χ1n) is 8.56. The minimum absolute atomic E-state index is 0. The van der Waals surface area contributed by atoms with Crippen molar-refractivity contribution in [3.63, 3.8) is 0 Å². The quantitative estimate of drug-likeness (QED) is 0.715. The summed E-state index contributed by atoms with van der Waals surface area (Å²) in [6.45, 7) is 2.29. The molecule has 1 fully saturated rings. The topological polar surface area (TPSA) is 92.2 Å². The summed E-state index contributed by atoms with van der Waals surface area (Å²) in [5.74, 6) is -0.0301. The van der Waals surface area contributed by atoms with Crippen molar-refractivity contribution in [2.24, 2.45) is 13.0 Å². The van der Waals surface area contributed by atoms with Crippen molar-refractivity contribution in [2.45, 2.75) is 32.1 Å². The SMILES string of the molecule is C.Cc1[nH]n(C)c(=O)c1C(=O)c1ccc(S(C)(=O)=O)c(N(C)CC2CC2)c1Cl. The minimum atomic E-state index is -3.55. The van der Waals surface area contributed by atoms with Crippen LogP contribution in [0.5, 0.6) is 0 Å². The zero-order chi connectivity index (χ0) is 20.1. The van der Waals surface area contributed by atoms with Gasteiger partial charge in [-0.25, -0.2) is 8.42 Å². The average molecular weight is 428 g/mol. The summed E-state index contributed by atoms with van der Waals surface area (Å²) in [7, 11) is -0.255. The second-order valence-corrected chi connectivity index (χ2v) is 9.54. The summed E-state index contributed by atoms with van der Waals surface area (Å²) in [6.07, 6.45) is 3.29. The van der Waals surface area contributed by atoms with Gasteiger partial charge < -0.3 is 4.90 Å². The molecule has 0 amide bonds. The lowest BCUT2D eigenvalue weighted by Gasteiger charge is -2.24. The number of benzene rings is 1. The van der Waals surface area contributed by atoms with Crippen LogP contribution in [0.15, 0.2) is 21.8 Å². The van der Waals surface area contributed by atoms with Crippen molar-refractivity contribution in [2.75, 3.05) is 24.7 Å². The van der Waals surface area contributed by atoms with Gasteiger partial charge >= 0.3 is 0 Å². The fourth-order valence-electron chi connectivity index (χ4n) is 3.24. The van der Waals surface area contributed by atoms with Crippen LogP contribution in [0, 0.1) is 12.8 Å². The van der Waals surface area contributed by atoms with Gasteiger partial charge in [-0.05, 0) is 37.8 Å². The highest BCUT2D eigenvalue weighted by Gasteiger charge is 2.30. The first kappa shape index (κ1) is 22.2. The highest BCUT2D eigenvalue weighted by atomic mass is 35.5. The van der Waals surface area contributed by atoms with E-state index in [-0.39, 0.29) is 28.5 Å². The van der Waals surface area contributed by atoms with Crippen LogP contribution in [0.25, 0.3) is 0 Å². The van der Waals surface area contributed by atoms with Gasteiger partial charge in [0.25, 0.3) is 5.56 Å². The van der Waals surface area contributed by atoms with Crippen molar-refractivity contribution in [3.05, 3.63) is 44.3 Å². The minimum Gasteiger partial charge on any atom is -0.372 e. The lowest BCUT2D eigenvalue weighted by Crippen LogP contribution is -2.24.